The number of hydrogen-bond donors (Lipinski definition) is 1. The number of aliphatic hydroxyl groups is 1. The highest BCUT2D eigenvalue weighted by molar-refractivity contribution is 5.94. The van der Waals surface area contributed by atoms with E-state index >= 15 is 0 Å². The molecule has 0 unspecified atom stereocenters. The fourth-order valence-electron chi connectivity index (χ4n) is 2.98. The van der Waals surface area contributed by atoms with Crippen LogP contribution in [0.4, 0.5) is 4.39 Å². The zero-order valence-electron chi connectivity index (χ0n) is 15.6. The molecule has 1 aliphatic heterocycles. The predicted octanol–water partition coefficient (Wildman–Crippen LogP) is 1.39. The molecule has 1 saturated heterocycles. The number of methoxy groups -OCH3 is 1. The van der Waals surface area contributed by atoms with Gasteiger partial charge in [-0.3, -0.25) is 9.69 Å². The van der Waals surface area contributed by atoms with Crippen molar-refractivity contribution in [3.05, 3.63) is 35.6 Å². The Balaban J connectivity index is 1.99. The summed E-state index contributed by atoms with van der Waals surface area (Å²) in [4.78, 5) is 16.6. The summed E-state index contributed by atoms with van der Waals surface area (Å²) in [7, 11) is 1.59. The molecule has 0 bridgehead atoms. The first-order chi connectivity index (χ1) is 12.5. The van der Waals surface area contributed by atoms with E-state index in [1.807, 2.05) is 6.92 Å². The minimum Gasteiger partial charge on any atom is -0.392 e. The molecule has 2 atom stereocenters. The Labute approximate surface area is 154 Å². The molecular formula is C19H29FN2O4. The van der Waals surface area contributed by atoms with Crippen LogP contribution in [-0.2, 0) is 9.47 Å². The van der Waals surface area contributed by atoms with Crippen molar-refractivity contribution >= 4 is 5.91 Å². The maximum atomic E-state index is 13.1. The zero-order chi connectivity index (χ0) is 18.9. The minimum atomic E-state index is -0.370. The summed E-state index contributed by atoms with van der Waals surface area (Å²) in [6, 6.07) is 5.55. The first-order valence-corrected chi connectivity index (χ1v) is 9.09. The van der Waals surface area contributed by atoms with Gasteiger partial charge in [0.25, 0.3) is 5.91 Å². The van der Waals surface area contributed by atoms with Crippen molar-refractivity contribution < 1.29 is 23.8 Å². The number of hydrogen-bond acceptors (Lipinski definition) is 5. The standard InChI is InChI=1S/C19H29FN2O4/c1-3-17(23)12-21-8-11-26-18(13-21)14-22(9-10-25-2)19(24)15-4-6-16(20)7-5-15/h4-7,17-18,23H,3,8-14H2,1-2H3/t17-,18-/m1/s1. The number of nitrogens with zero attached hydrogens (tertiary/aromatic N) is 2. The van der Waals surface area contributed by atoms with E-state index < -0.39 is 0 Å². The molecule has 6 nitrogen and oxygen atoms in total. The average Bonchev–Trinajstić information content (AvgIpc) is 2.65. The molecular weight excluding hydrogens is 339 g/mol. The van der Waals surface area contributed by atoms with Crippen LogP contribution in [0.2, 0.25) is 0 Å². The van der Waals surface area contributed by atoms with Crippen molar-refractivity contribution in [1.82, 2.24) is 9.80 Å². The van der Waals surface area contributed by atoms with Gasteiger partial charge in [-0.25, -0.2) is 4.39 Å². The Hall–Kier alpha value is -1.54. The highest BCUT2D eigenvalue weighted by atomic mass is 19.1. The average molecular weight is 368 g/mol. The van der Waals surface area contributed by atoms with Crippen molar-refractivity contribution in [2.24, 2.45) is 0 Å². The van der Waals surface area contributed by atoms with Gasteiger partial charge in [-0.1, -0.05) is 6.92 Å². The monoisotopic (exact) mass is 368 g/mol. The summed E-state index contributed by atoms with van der Waals surface area (Å²) in [6.45, 7) is 5.86. The first-order valence-electron chi connectivity index (χ1n) is 9.09. The number of β-amino-alcohol motifs (C(OH)–C–C–N with tert-alkyl or cyclic N) is 1. The van der Waals surface area contributed by atoms with Crippen molar-refractivity contribution in [1.29, 1.82) is 0 Å². The molecule has 1 aromatic rings. The molecule has 0 saturated carbocycles. The molecule has 146 valence electrons. The number of carbonyl (C=O) groups excluding carboxylic acids is 1. The molecule has 1 aromatic carbocycles. The molecule has 1 aliphatic rings. The fourth-order valence-corrected chi connectivity index (χ4v) is 2.98. The van der Waals surface area contributed by atoms with Crippen LogP contribution >= 0.6 is 0 Å². The number of rotatable bonds is 9. The number of amides is 1. The van der Waals surface area contributed by atoms with Crippen LogP contribution in [0.25, 0.3) is 0 Å². The van der Waals surface area contributed by atoms with Crippen LogP contribution in [0.5, 0.6) is 0 Å². The molecule has 1 heterocycles. The Kier molecular flexibility index (Phi) is 8.44. The topological polar surface area (TPSA) is 62.2 Å². The molecule has 2 rings (SSSR count). The largest absolute Gasteiger partial charge is 0.392 e. The van der Waals surface area contributed by atoms with Crippen LogP contribution in [-0.4, -0.2) is 86.1 Å². The summed E-state index contributed by atoms with van der Waals surface area (Å²) in [6.07, 6.45) is 0.235. The van der Waals surface area contributed by atoms with Crippen LogP contribution in [0.3, 0.4) is 0 Å². The number of ether oxygens (including phenoxy) is 2. The van der Waals surface area contributed by atoms with Gasteiger partial charge in [0.15, 0.2) is 0 Å². The third-order valence-electron chi connectivity index (χ3n) is 4.53. The smallest absolute Gasteiger partial charge is 0.254 e. The second-order valence-electron chi connectivity index (χ2n) is 6.57. The van der Waals surface area contributed by atoms with Crippen molar-refractivity contribution in [2.75, 3.05) is 53.0 Å². The number of carbonyl (C=O) groups is 1. The third-order valence-corrected chi connectivity index (χ3v) is 4.53. The van der Waals surface area contributed by atoms with E-state index in [9.17, 15) is 14.3 Å². The number of benzene rings is 1. The Morgan fingerprint density at radius 1 is 1.46 bits per heavy atom. The van der Waals surface area contributed by atoms with Crippen LogP contribution in [0, 0.1) is 5.82 Å². The van der Waals surface area contributed by atoms with E-state index in [0.29, 0.717) is 51.4 Å². The van der Waals surface area contributed by atoms with Crippen LogP contribution in [0.15, 0.2) is 24.3 Å². The number of halogens is 1. The van der Waals surface area contributed by atoms with E-state index in [2.05, 4.69) is 4.90 Å². The Morgan fingerprint density at radius 2 is 2.19 bits per heavy atom. The number of morpholine rings is 1. The second kappa shape index (κ2) is 10.6. The lowest BCUT2D eigenvalue weighted by Crippen LogP contribution is -2.50. The maximum absolute atomic E-state index is 13.1. The quantitative estimate of drug-likeness (QED) is 0.714. The third kappa shape index (κ3) is 6.32. The second-order valence-corrected chi connectivity index (χ2v) is 6.57. The summed E-state index contributed by atoms with van der Waals surface area (Å²) in [5.41, 5.74) is 0.441. The van der Waals surface area contributed by atoms with Gasteiger partial charge in [0.05, 0.1) is 25.4 Å². The molecule has 0 aliphatic carbocycles. The van der Waals surface area contributed by atoms with Gasteiger partial charge in [-0.15, -0.1) is 0 Å². The molecule has 1 amide bonds. The van der Waals surface area contributed by atoms with E-state index in [-0.39, 0.29) is 23.9 Å². The molecule has 1 fully saturated rings. The Morgan fingerprint density at radius 3 is 2.85 bits per heavy atom. The zero-order valence-corrected chi connectivity index (χ0v) is 15.6. The van der Waals surface area contributed by atoms with Gasteiger partial charge in [0.2, 0.25) is 0 Å². The summed E-state index contributed by atoms with van der Waals surface area (Å²) in [5, 5.41) is 9.86. The molecule has 0 spiro atoms. The van der Waals surface area contributed by atoms with Crippen LogP contribution < -0.4 is 0 Å². The van der Waals surface area contributed by atoms with Crippen molar-refractivity contribution in [2.45, 2.75) is 25.6 Å². The van der Waals surface area contributed by atoms with E-state index in [0.717, 1.165) is 6.54 Å². The SMILES string of the molecule is CC[C@@H](O)CN1CCO[C@@H](CN(CCOC)C(=O)c2ccc(F)cc2)C1. The summed E-state index contributed by atoms with van der Waals surface area (Å²) in [5.74, 6) is -0.540. The predicted molar refractivity (Wildman–Crippen MR) is 96.7 cm³/mol. The van der Waals surface area contributed by atoms with Gasteiger partial charge in [-0.05, 0) is 30.7 Å². The van der Waals surface area contributed by atoms with Gasteiger partial charge < -0.3 is 19.5 Å². The van der Waals surface area contributed by atoms with E-state index in [1.54, 1.807) is 12.0 Å². The lowest BCUT2D eigenvalue weighted by molar-refractivity contribution is -0.0517. The highest BCUT2D eigenvalue weighted by Gasteiger charge is 2.26. The summed E-state index contributed by atoms with van der Waals surface area (Å²) < 4.78 is 24.0. The number of aliphatic hydroxyl groups excluding tert-OH is 1. The Bertz CT molecular complexity index is 555. The van der Waals surface area contributed by atoms with E-state index in [4.69, 9.17) is 9.47 Å². The van der Waals surface area contributed by atoms with Crippen molar-refractivity contribution in [3.63, 3.8) is 0 Å². The van der Waals surface area contributed by atoms with E-state index in [1.165, 1.54) is 24.3 Å². The van der Waals surface area contributed by atoms with Crippen molar-refractivity contribution in [3.8, 4) is 0 Å². The normalized spacial score (nSPS) is 19.3. The minimum absolute atomic E-state index is 0.130. The van der Waals surface area contributed by atoms with Gasteiger partial charge >= 0.3 is 0 Å². The molecule has 7 heteroatoms. The van der Waals surface area contributed by atoms with Crippen LogP contribution in [0.1, 0.15) is 23.7 Å². The van der Waals surface area contributed by atoms with Gasteiger partial charge in [0, 0.05) is 45.4 Å². The lowest BCUT2D eigenvalue weighted by Gasteiger charge is -2.36. The molecule has 0 radical (unpaired) electrons. The maximum Gasteiger partial charge on any atom is 0.254 e. The van der Waals surface area contributed by atoms with Gasteiger partial charge in [-0.2, -0.15) is 0 Å². The first kappa shape index (κ1) is 20.8. The molecule has 26 heavy (non-hydrogen) atoms. The summed E-state index contributed by atoms with van der Waals surface area (Å²) >= 11 is 0. The highest BCUT2D eigenvalue weighted by Crippen LogP contribution is 2.12. The molecule has 1 N–H and O–H groups in total. The molecule has 0 aromatic heterocycles. The lowest BCUT2D eigenvalue weighted by atomic mass is 10.1. The fraction of sp³-hybridized carbons (Fsp3) is 0.632. The van der Waals surface area contributed by atoms with Gasteiger partial charge in [0.1, 0.15) is 5.82 Å².